The maximum Gasteiger partial charge on any atom is 0.243 e. The van der Waals surface area contributed by atoms with Crippen molar-refractivity contribution in [3.05, 3.63) is 58.9 Å². The maximum absolute atomic E-state index is 13.4. The van der Waals surface area contributed by atoms with Gasteiger partial charge >= 0.3 is 0 Å². The van der Waals surface area contributed by atoms with Gasteiger partial charge in [-0.25, -0.2) is 18.1 Å². The minimum Gasteiger partial charge on any atom is -0.273 e. The second-order valence-electron chi connectivity index (χ2n) is 8.35. The second-order valence-corrected chi connectivity index (χ2v) is 10.2. The summed E-state index contributed by atoms with van der Waals surface area (Å²) >= 11 is 0. The number of hydrogen-bond donors (Lipinski definition) is 1. The number of hydrogen-bond acceptors (Lipinski definition) is 4. The second kappa shape index (κ2) is 8.09. The van der Waals surface area contributed by atoms with Crippen LogP contribution in [-0.2, 0) is 14.8 Å². The number of benzene rings is 2. The van der Waals surface area contributed by atoms with Gasteiger partial charge in [0.15, 0.2) is 0 Å². The number of piperidine rings is 1. The van der Waals surface area contributed by atoms with E-state index >= 15 is 0 Å². The summed E-state index contributed by atoms with van der Waals surface area (Å²) in [5.74, 6) is -0.354. The maximum atomic E-state index is 13.4. The molecule has 164 valence electrons. The predicted octanol–water partition coefficient (Wildman–Crippen LogP) is 3.44. The molecular weight excluding hydrogens is 412 g/mol. The highest BCUT2D eigenvalue weighted by Gasteiger charge is 2.34. The Labute approximate surface area is 183 Å². The van der Waals surface area contributed by atoms with E-state index in [0.717, 1.165) is 33.3 Å². The highest BCUT2D eigenvalue weighted by Crippen LogP contribution is 2.31. The normalized spacial score (nSPS) is 16.0. The number of para-hydroxylation sites is 2. The van der Waals surface area contributed by atoms with Crippen LogP contribution < -0.4 is 5.43 Å². The molecule has 8 heteroatoms. The molecule has 1 fully saturated rings. The average molecular weight is 441 g/mol. The molecule has 1 N–H and O–H groups in total. The molecule has 0 saturated carbocycles. The molecule has 1 amide bonds. The topological polar surface area (TPSA) is 84.3 Å². The molecule has 0 aliphatic carbocycles. The fourth-order valence-corrected chi connectivity index (χ4v) is 6.36. The third-order valence-corrected chi connectivity index (χ3v) is 8.58. The van der Waals surface area contributed by atoms with Gasteiger partial charge in [-0.15, -0.1) is 0 Å². The monoisotopic (exact) mass is 440 g/mol. The van der Waals surface area contributed by atoms with E-state index in [4.69, 9.17) is 0 Å². The molecule has 0 unspecified atom stereocenters. The fourth-order valence-electron chi connectivity index (χ4n) is 4.31. The van der Waals surface area contributed by atoms with Crippen molar-refractivity contribution in [1.82, 2.24) is 14.0 Å². The first-order valence-electron chi connectivity index (χ1n) is 10.5. The summed E-state index contributed by atoms with van der Waals surface area (Å²) in [5, 5.41) is 0. The van der Waals surface area contributed by atoms with Gasteiger partial charge in [0, 0.05) is 19.0 Å². The Balaban J connectivity index is 1.48. The minimum atomic E-state index is -3.61. The summed E-state index contributed by atoms with van der Waals surface area (Å²) in [5.41, 5.74) is 8.09. The molecule has 1 aromatic heterocycles. The van der Waals surface area contributed by atoms with Crippen molar-refractivity contribution in [2.45, 2.75) is 45.4 Å². The zero-order valence-electron chi connectivity index (χ0n) is 18.3. The Kier molecular flexibility index (Phi) is 5.61. The Morgan fingerprint density at radius 2 is 1.65 bits per heavy atom. The smallest absolute Gasteiger partial charge is 0.243 e. The van der Waals surface area contributed by atoms with Crippen LogP contribution in [0.25, 0.3) is 11.0 Å². The summed E-state index contributed by atoms with van der Waals surface area (Å²) < 4.78 is 30.0. The molecular formula is C23H28N4O3S. The van der Waals surface area contributed by atoms with Crippen molar-refractivity contribution in [3.63, 3.8) is 0 Å². The Bertz CT molecular complexity index is 1230. The van der Waals surface area contributed by atoms with Crippen molar-refractivity contribution in [3.8, 4) is 0 Å². The minimum absolute atomic E-state index is 0.112. The zero-order chi connectivity index (χ0) is 22.3. The van der Waals surface area contributed by atoms with Gasteiger partial charge in [-0.3, -0.25) is 10.2 Å². The summed E-state index contributed by atoms with van der Waals surface area (Å²) in [6.07, 6.45) is 2.56. The fraction of sp³-hybridized carbons (Fsp3) is 0.391. The lowest BCUT2D eigenvalue weighted by molar-refractivity contribution is -0.121. The number of rotatable bonds is 4. The number of aryl methyl sites for hydroxylation is 2. The number of nitrogens with one attached hydrogen (secondary N) is 1. The molecule has 0 atom stereocenters. The van der Waals surface area contributed by atoms with Crippen molar-refractivity contribution >= 4 is 27.0 Å². The molecule has 1 saturated heterocycles. The van der Waals surface area contributed by atoms with Gasteiger partial charge in [0.25, 0.3) is 0 Å². The van der Waals surface area contributed by atoms with Gasteiger partial charge in [-0.05, 0) is 74.9 Å². The first-order chi connectivity index (χ1) is 14.7. The Morgan fingerprint density at radius 3 is 2.29 bits per heavy atom. The molecule has 31 heavy (non-hydrogen) atoms. The lowest BCUT2D eigenvalue weighted by atomic mass is 9.98. The Hall–Kier alpha value is -2.71. The number of nitrogens with zero attached hydrogens (tertiary/aromatic N) is 3. The van der Waals surface area contributed by atoms with Crippen LogP contribution in [0.4, 0.5) is 0 Å². The van der Waals surface area contributed by atoms with Crippen LogP contribution in [-0.4, -0.2) is 41.4 Å². The van der Waals surface area contributed by atoms with Crippen LogP contribution >= 0.6 is 0 Å². The van der Waals surface area contributed by atoms with Crippen LogP contribution in [0.1, 0.15) is 35.1 Å². The van der Waals surface area contributed by atoms with Crippen molar-refractivity contribution < 1.29 is 13.2 Å². The highest BCUT2D eigenvalue weighted by atomic mass is 32.2. The highest BCUT2D eigenvalue weighted by molar-refractivity contribution is 7.89. The number of fused-ring (bicyclic) bond motifs is 1. The van der Waals surface area contributed by atoms with Crippen molar-refractivity contribution in [1.29, 1.82) is 0 Å². The number of sulfonamides is 1. The predicted molar refractivity (Wildman–Crippen MR) is 121 cm³/mol. The van der Waals surface area contributed by atoms with Crippen LogP contribution in [0.5, 0.6) is 0 Å². The zero-order valence-corrected chi connectivity index (χ0v) is 19.2. The Morgan fingerprint density at radius 1 is 1.03 bits per heavy atom. The van der Waals surface area contributed by atoms with E-state index in [0.29, 0.717) is 30.8 Å². The molecule has 1 aliphatic heterocycles. The molecule has 1 aliphatic rings. The van der Waals surface area contributed by atoms with E-state index in [-0.39, 0.29) is 11.8 Å². The van der Waals surface area contributed by atoms with Crippen molar-refractivity contribution in [2.24, 2.45) is 5.92 Å². The summed E-state index contributed by atoms with van der Waals surface area (Å²) in [4.78, 5) is 17.5. The molecule has 3 aromatic rings. The quantitative estimate of drug-likeness (QED) is 0.674. The lowest BCUT2D eigenvalue weighted by Crippen LogP contribution is -2.42. The molecule has 2 heterocycles. The first-order valence-corrected chi connectivity index (χ1v) is 11.9. The van der Waals surface area contributed by atoms with Gasteiger partial charge in [-0.2, -0.15) is 4.31 Å². The summed E-state index contributed by atoms with van der Waals surface area (Å²) in [6, 6.07) is 9.61. The van der Waals surface area contributed by atoms with Crippen LogP contribution in [0, 0.1) is 33.6 Å². The van der Waals surface area contributed by atoms with E-state index in [1.165, 1.54) is 4.31 Å². The molecule has 0 spiro atoms. The van der Waals surface area contributed by atoms with E-state index < -0.39 is 10.0 Å². The lowest BCUT2D eigenvalue weighted by Gasteiger charge is -2.31. The number of aromatic nitrogens is 2. The summed E-state index contributed by atoms with van der Waals surface area (Å²) in [6.45, 7) is 8.27. The van der Waals surface area contributed by atoms with E-state index in [2.05, 4.69) is 10.4 Å². The SMILES string of the molecule is Cc1cc(C)c(C)c(S(=O)(=O)N2CCC(C(=O)Nn3cnc4ccccc43)CC2)c1C. The largest absolute Gasteiger partial charge is 0.273 e. The number of carbonyl (C=O) groups excluding carboxylic acids is 1. The molecule has 0 bridgehead atoms. The molecule has 7 nitrogen and oxygen atoms in total. The summed E-state index contributed by atoms with van der Waals surface area (Å²) in [7, 11) is -3.61. The van der Waals surface area contributed by atoms with E-state index in [1.807, 2.05) is 58.0 Å². The third-order valence-electron chi connectivity index (χ3n) is 6.40. The van der Waals surface area contributed by atoms with Crippen molar-refractivity contribution in [2.75, 3.05) is 18.5 Å². The molecule has 4 rings (SSSR count). The third kappa shape index (κ3) is 3.85. The van der Waals surface area contributed by atoms with Crippen LogP contribution in [0.3, 0.4) is 0 Å². The number of carbonyl (C=O) groups is 1. The van der Waals surface area contributed by atoms with E-state index in [1.54, 1.807) is 11.0 Å². The first kappa shape index (κ1) is 21.5. The van der Waals surface area contributed by atoms with Gasteiger partial charge in [0.05, 0.1) is 15.9 Å². The average Bonchev–Trinajstić information content (AvgIpc) is 3.15. The molecule has 0 radical (unpaired) electrons. The molecule has 2 aromatic carbocycles. The van der Waals surface area contributed by atoms with Gasteiger partial charge in [0.2, 0.25) is 15.9 Å². The van der Waals surface area contributed by atoms with Gasteiger partial charge < -0.3 is 0 Å². The number of amides is 1. The van der Waals surface area contributed by atoms with E-state index in [9.17, 15) is 13.2 Å². The van der Waals surface area contributed by atoms with Crippen LogP contribution in [0.2, 0.25) is 0 Å². The van der Waals surface area contributed by atoms with Gasteiger partial charge in [-0.1, -0.05) is 18.2 Å². The van der Waals surface area contributed by atoms with Crippen LogP contribution in [0.15, 0.2) is 41.6 Å². The van der Waals surface area contributed by atoms with Gasteiger partial charge in [0.1, 0.15) is 6.33 Å². The number of imidazole rings is 1. The standard InChI is InChI=1S/C23H28N4O3S/c1-15-13-16(2)18(4)22(17(15)3)31(29,30)26-11-9-19(10-12-26)23(28)25-27-14-24-20-7-5-6-8-21(20)27/h5-8,13-14,19H,9-12H2,1-4H3,(H,25,28).